The lowest BCUT2D eigenvalue weighted by molar-refractivity contribution is 0.201. The van der Waals surface area contributed by atoms with E-state index in [1.807, 2.05) is 24.9 Å². The fourth-order valence-electron chi connectivity index (χ4n) is 5.38. The van der Waals surface area contributed by atoms with E-state index in [0.29, 0.717) is 5.92 Å². The van der Waals surface area contributed by atoms with Crippen molar-refractivity contribution >= 4 is 21.9 Å². The number of fused-ring (bicyclic) bond motifs is 2. The number of hydrogen-bond acceptors (Lipinski definition) is 4. The van der Waals surface area contributed by atoms with Crippen molar-refractivity contribution in [2.24, 2.45) is 7.05 Å². The van der Waals surface area contributed by atoms with Crippen molar-refractivity contribution in [1.29, 1.82) is 0 Å². The van der Waals surface area contributed by atoms with Gasteiger partial charge in [0.05, 0.1) is 23.9 Å². The van der Waals surface area contributed by atoms with Crippen LogP contribution in [0.5, 0.6) is 0 Å². The summed E-state index contributed by atoms with van der Waals surface area (Å²) in [4.78, 5) is 14.9. The largest absolute Gasteiger partial charge is 0.354 e. The van der Waals surface area contributed by atoms with Crippen LogP contribution in [0.1, 0.15) is 42.5 Å². The van der Waals surface area contributed by atoms with E-state index < -0.39 is 0 Å². The maximum absolute atomic E-state index is 4.41. The quantitative estimate of drug-likeness (QED) is 0.413. The molecule has 1 aliphatic rings. The molecule has 33 heavy (non-hydrogen) atoms. The van der Waals surface area contributed by atoms with Crippen LogP contribution in [0.4, 0.5) is 0 Å². The predicted molar refractivity (Wildman–Crippen MR) is 131 cm³/mol. The molecule has 2 N–H and O–H groups in total. The number of piperidine rings is 1. The number of H-pyrrole nitrogens is 2. The van der Waals surface area contributed by atoms with E-state index in [2.05, 4.69) is 72.9 Å². The minimum atomic E-state index is 0.613. The van der Waals surface area contributed by atoms with Crippen LogP contribution >= 0.6 is 0 Å². The van der Waals surface area contributed by atoms with Crippen molar-refractivity contribution in [3.8, 4) is 11.3 Å². The van der Waals surface area contributed by atoms with Crippen LogP contribution in [0.25, 0.3) is 33.2 Å². The third-order valence-corrected chi connectivity index (χ3v) is 7.27. The average molecular weight is 440 g/mol. The Bertz CT molecular complexity index is 1420. The molecule has 7 heteroatoms. The first-order chi connectivity index (χ1) is 16.2. The van der Waals surface area contributed by atoms with E-state index in [4.69, 9.17) is 0 Å². The molecule has 168 valence electrons. The third-order valence-electron chi connectivity index (χ3n) is 7.27. The summed E-state index contributed by atoms with van der Waals surface area (Å²) < 4.78 is 2.12. The minimum Gasteiger partial charge on any atom is -0.354 e. The normalized spacial score (nSPS) is 15.7. The number of pyridine rings is 1. The molecule has 1 fully saturated rings. The average Bonchev–Trinajstić information content (AvgIpc) is 3.57. The van der Waals surface area contributed by atoms with Gasteiger partial charge in [-0.1, -0.05) is 13.0 Å². The Morgan fingerprint density at radius 3 is 2.76 bits per heavy atom. The van der Waals surface area contributed by atoms with Crippen LogP contribution in [0, 0.1) is 0 Å². The van der Waals surface area contributed by atoms with Gasteiger partial charge in [-0.25, -0.2) is 9.97 Å². The maximum Gasteiger partial charge on any atom is 0.155 e. The van der Waals surface area contributed by atoms with Gasteiger partial charge in [0.2, 0.25) is 0 Å². The third kappa shape index (κ3) is 3.53. The molecule has 6 rings (SSSR count). The highest BCUT2D eigenvalue weighted by Gasteiger charge is 2.23. The highest BCUT2D eigenvalue weighted by molar-refractivity contribution is 5.98. The standard InChI is InChI=1S/C26H29N7/c1-3-20-22-12-18(17-7-10-33(11-8-17)15-19-13-27-16-32(19)2)4-5-24(22)30-25(20)21-6-9-28-26-23(21)14-29-31-26/h4-6,9,12-14,16-17,30H,3,7-8,10-11,15H2,1-2H3,(H,28,29,31). The minimum absolute atomic E-state index is 0.613. The number of aryl methyl sites for hydroxylation is 2. The second kappa shape index (κ2) is 8.15. The van der Waals surface area contributed by atoms with Crippen molar-refractivity contribution in [2.75, 3.05) is 13.1 Å². The molecule has 0 unspecified atom stereocenters. The number of benzene rings is 1. The zero-order valence-corrected chi connectivity index (χ0v) is 19.2. The Hall–Kier alpha value is -3.45. The molecule has 0 amide bonds. The second-order valence-electron chi connectivity index (χ2n) is 9.17. The summed E-state index contributed by atoms with van der Waals surface area (Å²) in [7, 11) is 2.07. The summed E-state index contributed by atoms with van der Waals surface area (Å²) in [6.07, 6.45) is 11.0. The topological polar surface area (TPSA) is 78.4 Å². The molecule has 0 spiro atoms. The van der Waals surface area contributed by atoms with E-state index >= 15 is 0 Å². The number of aromatic amines is 2. The zero-order chi connectivity index (χ0) is 22.4. The fraction of sp³-hybridized carbons (Fsp3) is 0.346. The van der Waals surface area contributed by atoms with Crippen molar-refractivity contribution in [1.82, 2.24) is 34.6 Å². The summed E-state index contributed by atoms with van der Waals surface area (Å²) in [5.41, 5.74) is 8.49. The smallest absolute Gasteiger partial charge is 0.155 e. The lowest BCUT2D eigenvalue weighted by Gasteiger charge is -2.32. The second-order valence-corrected chi connectivity index (χ2v) is 9.17. The zero-order valence-electron chi connectivity index (χ0n) is 19.2. The van der Waals surface area contributed by atoms with Gasteiger partial charge in [-0.05, 0) is 67.6 Å². The number of nitrogens with one attached hydrogen (secondary N) is 2. The van der Waals surface area contributed by atoms with Crippen LogP contribution < -0.4 is 0 Å². The summed E-state index contributed by atoms with van der Waals surface area (Å²) in [5, 5.41) is 9.58. The molecule has 0 radical (unpaired) electrons. The number of imidazole rings is 1. The highest BCUT2D eigenvalue weighted by Crippen LogP contribution is 2.37. The van der Waals surface area contributed by atoms with E-state index in [-0.39, 0.29) is 0 Å². The van der Waals surface area contributed by atoms with Gasteiger partial charge in [0, 0.05) is 47.8 Å². The lowest BCUT2D eigenvalue weighted by Crippen LogP contribution is -2.33. The lowest BCUT2D eigenvalue weighted by atomic mass is 9.88. The van der Waals surface area contributed by atoms with Crippen LogP contribution in [0.2, 0.25) is 0 Å². The Balaban J connectivity index is 1.28. The van der Waals surface area contributed by atoms with Gasteiger partial charge < -0.3 is 9.55 Å². The molecule has 0 bridgehead atoms. The van der Waals surface area contributed by atoms with Crippen LogP contribution in [-0.4, -0.2) is 47.7 Å². The molecule has 1 saturated heterocycles. The Morgan fingerprint density at radius 2 is 1.97 bits per heavy atom. The number of rotatable bonds is 5. The van der Waals surface area contributed by atoms with Gasteiger partial charge >= 0.3 is 0 Å². The summed E-state index contributed by atoms with van der Waals surface area (Å²) in [5.74, 6) is 0.613. The molecule has 5 heterocycles. The van der Waals surface area contributed by atoms with Gasteiger partial charge in [0.1, 0.15) is 0 Å². The SMILES string of the molecule is CCc1c(-c2ccnc3[nH]ncc23)[nH]c2ccc(C3CCN(Cc4cncn4C)CC3)cc12. The number of aromatic nitrogens is 6. The van der Waals surface area contributed by atoms with Crippen LogP contribution in [-0.2, 0) is 20.0 Å². The first-order valence-corrected chi connectivity index (χ1v) is 11.8. The van der Waals surface area contributed by atoms with Gasteiger partial charge in [-0.3, -0.25) is 10.00 Å². The Morgan fingerprint density at radius 1 is 1.09 bits per heavy atom. The molecular formula is C26H29N7. The number of hydrogen-bond donors (Lipinski definition) is 2. The van der Waals surface area contributed by atoms with E-state index in [1.165, 1.54) is 46.3 Å². The van der Waals surface area contributed by atoms with E-state index in [1.54, 1.807) is 0 Å². The van der Waals surface area contributed by atoms with Crippen molar-refractivity contribution in [3.63, 3.8) is 0 Å². The summed E-state index contributed by atoms with van der Waals surface area (Å²) in [6, 6.07) is 9.11. The van der Waals surface area contributed by atoms with E-state index in [9.17, 15) is 0 Å². The Kier molecular flexibility index (Phi) is 4.99. The molecule has 1 aliphatic heterocycles. The molecular weight excluding hydrogens is 410 g/mol. The van der Waals surface area contributed by atoms with Crippen LogP contribution in [0.15, 0.2) is 49.2 Å². The maximum atomic E-state index is 4.41. The monoisotopic (exact) mass is 439 g/mol. The van der Waals surface area contributed by atoms with Crippen molar-refractivity contribution in [3.05, 3.63) is 66.0 Å². The molecule has 7 nitrogen and oxygen atoms in total. The number of likely N-dealkylation sites (tertiary alicyclic amines) is 1. The molecule has 0 aliphatic carbocycles. The predicted octanol–water partition coefficient (Wildman–Crippen LogP) is 4.78. The van der Waals surface area contributed by atoms with Gasteiger partial charge in [0.25, 0.3) is 0 Å². The van der Waals surface area contributed by atoms with Crippen LogP contribution in [0.3, 0.4) is 0 Å². The molecule has 0 atom stereocenters. The summed E-state index contributed by atoms with van der Waals surface area (Å²) >= 11 is 0. The fourth-order valence-corrected chi connectivity index (χ4v) is 5.38. The molecule has 5 aromatic rings. The first kappa shape index (κ1) is 20.2. The highest BCUT2D eigenvalue weighted by atomic mass is 15.2. The number of nitrogens with zero attached hydrogens (tertiary/aromatic N) is 5. The van der Waals surface area contributed by atoms with Gasteiger partial charge in [-0.15, -0.1) is 0 Å². The van der Waals surface area contributed by atoms with Crippen molar-refractivity contribution in [2.45, 2.75) is 38.6 Å². The summed E-state index contributed by atoms with van der Waals surface area (Å²) in [6.45, 7) is 5.48. The Labute approximate surface area is 192 Å². The molecule has 1 aromatic carbocycles. The van der Waals surface area contributed by atoms with Gasteiger partial charge in [-0.2, -0.15) is 5.10 Å². The van der Waals surface area contributed by atoms with Crippen molar-refractivity contribution < 1.29 is 0 Å². The van der Waals surface area contributed by atoms with E-state index in [0.717, 1.165) is 42.7 Å². The first-order valence-electron chi connectivity index (χ1n) is 11.8. The van der Waals surface area contributed by atoms with Gasteiger partial charge in [0.15, 0.2) is 5.65 Å². The molecule has 4 aromatic heterocycles. The molecule has 0 saturated carbocycles.